The third-order valence-electron chi connectivity index (χ3n) is 3.88. The van der Waals surface area contributed by atoms with Gasteiger partial charge in [0.1, 0.15) is 0 Å². The fourth-order valence-electron chi connectivity index (χ4n) is 2.47. The Bertz CT molecular complexity index is 1040. The van der Waals surface area contributed by atoms with Crippen molar-refractivity contribution in [3.63, 3.8) is 0 Å². The molecule has 0 radical (unpaired) electrons. The van der Waals surface area contributed by atoms with Gasteiger partial charge in [-0.25, -0.2) is 4.79 Å². The molecule has 1 amide bonds. The first-order valence-electron chi connectivity index (χ1n) is 7.53. The summed E-state index contributed by atoms with van der Waals surface area (Å²) in [7, 11) is 1.27. The molecular weight excluding hydrogens is 340 g/mol. The van der Waals surface area contributed by atoms with Crippen molar-refractivity contribution in [1.82, 2.24) is 10.2 Å². The van der Waals surface area contributed by atoms with Crippen molar-refractivity contribution in [3.8, 4) is 0 Å². The minimum absolute atomic E-state index is 0.0200. The zero-order valence-electron chi connectivity index (χ0n) is 13.9. The Hall–Kier alpha value is -3.75. The quantitative estimate of drug-likeness (QED) is 0.421. The van der Waals surface area contributed by atoms with Crippen LogP contribution in [-0.4, -0.2) is 34.1 Å². The van der Waals surface area contributed by atoms with Crippen molar-refractivity contribution in [3.05, 3.63) is 63.3 Å². The van der Waals surface area contributed by atoms with Crippen molar-refractivity contribution >= 4 is 34.2 Å². The van der Waals surface area contributed by atoms with Crippen LogP contribution in [-0.2, 0) is 4.74 Å². The summed E-state index contributed by atoms with van der Waals surface area (Å²) in [5, 5.41) is 20.6. The molecule has 2 aromatic carbocycles. The Morgan fingerprint density at radius 3 is 2.69 bits per heavy atom. The number of benzene rings is 2. The standard InChI is InChI=1S/C17H14N4O5/c1-9-3-4-10(17(23)26-2)7-14(9)18-16(22)15-12-8-11(21(24)25)5-6-13(12)19-20-15/h3-8H,1-2H3,(H,18,22)(H,19,20). The predicted molar refractivity (Wildman–Crippen MR) is 93.2 cm³/mol. The summed E-state index contributed by atoms with van der Waals surface area (Å²) >= 11 is 0. The van der Waals surface area contributed by atoms with Crippen molar-refractivity contribution in [2.24, 2.45) is 0 Å². The molecule has 0 aliphatic rings. The van der Waals surface area contributed by atoms with E-state index in [0.717, 1.165) is 5.56 Å². The van der Waals surface area contributed by atoms with Gasteiger partial charge in [-0.05, 0) is 30.7 Å². The summed E-state index contributed by atoms with van der Waals surface area (Å²) in [6.07, 6.45) is 0. The molecule has 0 unspecified atom stereocenters. The molecule has 0 atom stereocenters. The number of aromatic amines is 1. The van der Waals surface area contributed by atoms with E-state index in [1.807, 2.05) is 0 Å². The number of carbonyl (C=O) groups is 2. The topological polar surface area (TPSA) is 127 Å². The SMILES string of the molecule is COC(=O)c1ccc(C)c(NC(=O)c2n[nH]c3ccc([N+](=O)[O-])cc23)c1. The Morgan fingerprint density at radius 1 is 1.23 bits per heavy atom. The van der Waals surface area contributed by atoms with Gasteiger partial charge in [0.15, 0.2) is 5.69 Å². The van der Waals surface area contributed by atoms with Gasteiger partial charge in [0.25, 0.3) is 11.6 Å². The maximum absolute atomic E-state index is 12.6. The minimum atomic E-state index is -0.554. The predicted octanol–water partition coefficient (Wildman–Crippen LogP) is 2.82. The molecule has 0 saturated carbocycles. The van der Waals surface area contributed by atoms with E-state index in [9.17, 15) is 19.7 Å². The monoisotopic (exact) mass is 354 g/mol. The summed E-state index contributed by atoms with van der Waals surface area (Å²) in [5.41, 5.74) is 1.82. The van der Waals surface area contributed by atoms with Gasteiger partial charge in [-0.2, -0.15) is 5.10 Å². The Balaban J connectivity index is 1.96. The Labute approximate surface area is 147 Å². The van der Waals surface area contributed by atoms with E-state index in [-0.39, 0.29) is 16.9 Å². The van der Waals surface area contributed by atoms with Crippen molar-refractivity contribution < 1.29 is 19.2 Å². The van der Waals surface area contributed by atoms with Crippen LogP contribution in [0.1, 0.15) is 26.4 Å². The van der Waals surface area contributed by atoms with Crippen LogP contribution in [0.3, 0.4) is 0 Å². The third-order valence-corrected chi connectivity index (χ3v) is 3.88. The van der Waals surface area contributed by atoms with Gasteiger partial charge in [0.05, 0.1) is 23.1 Å². The lowest BCUT2D eigenvalue weighted by Crippen LogP contribution is -2.14. The summed E-state index contributed by atoms with van der Waals surface area (Å²) < 4.78 is 4.67. The third kappa shape index (κ3) is 3.09. The maximum atomic E-state index is 12.6. The van der Waals surface area contributed by atoms with E-state index in [2.05, 4.69) is 20.3 Å². The smallest absolute Gasteiger partial charge is 0.337 e. The maximum Gasteiger partial charge on any atom is 0.337 e. The Morgan fingerprint density at radius 2 is 2.00 bits per heavy atom. The normalized spacial score (nSPS) is 10.5. The van der Waals surface area contributed by atoms with Crippen LogP contribution in [0.15, 0.2) is 36.4 Å². The van der Waals surface area contributed by atoms with Crippen molar-refractivity contribution in [2.45, 2.75) is 6.92 Å². The molecule has 9 heteroatoms. The number of fused-ring (bicyclic) bond motifs is 1. The second-order valence-corrected chi connectivity index (χ2v) is 5.53. The zero-order chi connectivity index (χ0) is 18.8. The van der Waals surface area contributed by atoms with Crippen LogP contribution >= 0.6 is 0 Å². The fourth-order valence-corrected chi connectivity index (χ4v) is 2.47. The molecule has 26 heavy (non-hydrogen) atoms. The number of nitro groups is 1. The Kier molecular flexibility index (Phi) is 4.36. The number of non-ortho nitro benzene ring substituents is 1. The number of H-pyrrole nitrogens is 1. The summed E-state index contributed by atoms with van der Waals surface area (Å²) in [6, 6.07) is 8.86. The fraction of sp³-hybridized carbons (Fsp3) is 0.118. The lowest BCUT2D eigenvalue weighted by molar-refractivity contribution is -0.384. The molecule has 0 aliphatic carbocycles. The van der Waals surface area contributed by atoms with Gasteiger partial charge in [-0.15, -0.1) is 0 Å². The number of hydrogen-bond donors (Lipinski definition) is 2. The molecule has 9 nitrogen and oxygen atoms in total. The lowest BCUT2D eigenvalue weighted by Gasteiger charge is -2.09. The number of methoxy groups -OCH3 is 1. The average molecular weight is 354 g/mol. The molecule has 0 fully saturated rings. The molecule has 0 bridgehead atoms. The highest BCUT2D eigenvalue weighted by Gasteiger charge is 2.18. The highest BCUT2D eigenvalue weighted by Crippen LogP contribution is 2.24. The lowest BCUT2D eigenvalue weighted by atomic mass is 10.1. The van der Waals surface area contributed by atoms with Gasteiger partial charge in [0, 0.05) is 23.2 Å². The van der Waals surface area contributed by atoms with E-state index in [0.29, 0.717) is 16.6 Å². The molecular formula is C17H14N4O5. The van der Waals surface area contributed by atoms with Crippen molar-refractivity contribution in [2.75, 3.05) is 12.4 Å². The van der Waals surface area contributed by atoms with Crippen LogP contribution in [0, 0.1) is 17.0 Å². The number of hydrogen-bond acceptors (Lipinski definition) is 6. The summed E-state index contributed by atoms with van der Waals surface area (Å²) in [6.45, 7) is 1.77. The molecule has 132 valence electrons. The number of nitrogens with one attached hydrogen (secondary N) is 2. The molecule has 1 heterocycles. The van der Waals surface area contributed by atoms with E-state index in [1.165, 1.54) is 31.4 Å². The van der Waals surface area contributed by atoms with Gasteiger partial charge in [0.2, 0.25) is 0 Å². The minimum Gasteiger partial charge on any atom is -0.465 e. The number of anilines is 1. The van der Waals surface area contributed by atoms with E-state index in [4.69, 9.17) is 0 Å². The highest BCUT2D eigenvalue weighted by atomic mass is 16.6. The number of ether oxygens (including phenoxy) is 1. The van der Waals surface area contributed by atoms with E-state index < -0.39 is 16.8 Å². The number of aromatic nitrogens is 2. The van der Waals surface area contributed by atoms with Crippen LogP contribution in [0.4, 0.5) is 11.4 Å². The number of nitro benzene ring substituents is 1. The van der Waals surface area contributed by atoms with Crippen LogP contribution < -0.4 is 5.32 Å². The van der Waals surface area contributed by atoms with Gasteiger partial charge in [-0.3, -0.25) is 20.0 Å². The first kappa shape index (κ1) is 17.1. The van der Waals surface area contributed by atoms with Gasteiger partial charge < -0.3 is 10.1 Å². The molecule has 0 spiro atoms. The zero-order valence-corrected chi connectivity index (χ0v) is 13.9. The molecule has 3 rings (SSSR count). The molecule has 2 N–H and O–H groups in total. The summed E-state index contributed by atoms with van der Waals surface area (Å²) in [4.78, 5) is 34.6. The van der Waals surface area contributed by atoms with Crippen molar-refractivity contribution in [1.29, 1.82) is 0 Å². The molecule has 1 aromatic heterocycles. The number of nitrogens with zero attached hydrogens (tertiary/aromatic N) is 2. The first-order valence-corrected chi connectivity index (χ1v) is 7.53. The van der Waals surface area contributed by atoms with Crippen LogP contribution in [0.2, 0.25) is 0 Å². The largest absolute Gasteiger partial charge is 0.465 e. The second kappa shape index (κ2) is 6.63. The molecule has 0 aliphatic heterocycles. The first-order chi connectivity index (χ1) is 12.4. The van der Waals surface area contributed by atoms with Gasteiger partial charge >= 0.3 is 5.97 Å². The van der Waals surface area contributed by atoms with Crippen LogP contribution in [0.25, 0.3) is 10.9 Å². The number of carbonyl (C=O) groups excluding carboxylic acids is 2. The van der Waals surface area contributed by atoms with E-state index in [1.54, 1.807) is 19.1 Å². The molecule has 3 aromatic rings. The number of esters is 1. The van der Waals surface area contributed by atoms with Crippen LogP contribution in [0.5, 0.6) is 0 Å². The number of aryl methyl sites for hydroxylation is 1. The average Bonchev–Trinajstić information content (AvgIpc) is 3.06. The second-order valence-electron chi connectivity index (χ2n) is 5.53. The number of amides is 1. The molecule has 0 saturated heterocycles. The van der Waals surface area contributed by atoms with Gasteiger partial charge in [-0.1, -0.05) is 6.07 Å². The number of rotatable bonds is 4. The summed E-state index contributed by atoms with van der Waals surface area (Å²) in [5.74, 6) is -1.08. The van der Waals surface area contributed by atoms with E-state index >= 15 is 0 Å². The highest BCUT2D eigenvalue weighted by molar-refractivity contribution is 6.11.